The number of methoxy groups -OCH3 is 1. The van der Waals surface area contributed by atoms with Crippen LogP contribution in [0, 0.1) is 5.92 Å². The van der Waals surface area contributed by atoms with E-state index in [9.17, 15) is 13.5 Å². The molecule has 2 aromatic carbocycles. The molecule has 0 radical (unpaired) electrons. The molecule has 0 amide bonds. The number of aliphatic hydroxyl groups is 1. The third kappa shape index (κ3) is 9.63. The number of hydrogen-bond donors (Lipinski definition) is 2. The lowest BCUT2D eigenvalue weighted by molar-refractivity contribution is 0.115. The van der Waals surface area contributed by atoms with E-state index in [1.54, 1.807) is 18.2 Å². The zero-order valence-electron chi connectivity index (χ0n) is 22.1. The van der Waals surface area contributed by atoms with Crippen LogP contribution in [0.15, 0.2) is 78.7 Å². The van der Waals surface area contributed by atoms with E-state index in [1.807, 2.05) is 43.3 Å². The van der Waals surface area contributed by atoms with Crippen molar-refractivity contribution in [3.63, 3.8) is 0 Å². The minimum Gasteiger partial charge on any atom is -0.497 e. The standard InChI is InChI=1S/C29H42N2O5S/c1-5-7-8-12-18-36-28-20-25(35-4)16-17-29(28)37(33,34)31(21-23(3)13-6-2)22-27(32)26(30)19-24-14-10-9-11-15-24/h5-6,9-11,14-17,20,23,26-27,32H,1-2,7-8,12-13,18-19,21-22,30H2,3-4H3. The Hall–Kier alpha value is -2.65. The maximum absolute atomic E-state index is 14.0. The molecule has 7 nitrogen and oxygen atoms in total. The Balaban J connectivity index is 2.32. The van der Waals surface area contributed by atoms with Crippen molar-refractivity contribution in [3.8, 4) is 11.5 Å². The molecule has 0 aliphatic heterocycles. The van der Waals surface area contributed by atoms with Gasteiger partial charge >= 0.3 is 0 Å². The van der Waals surface area contributed by atoms with Crippen LogP contribution >= 0.6 is 0 Å². The summed E-state index contributed by atoms with van der Waals surface area (Å²) in [7, 11) is -2.51. The molecule has 0 saturated carbocycles. The number of sulfonamides is 1. The summed E-state index contributed by atoms with van der Waals surface area (Å²) >= 11 is 0. The van der Waals surface area contributed by atoms with Crippen LogP contribution in [0.5, 0.6) is 11.5 Å². The van der Waals surface area contributed by atoms with E-state index >= 15 is 0 Å². The van der Waals surface area contributed by atoms with E-state index in [0.29, 0.717) is 25.2 Å². The molecule has 8 heteroatoms. The summed E-state index contributed by atoms with van der Waals surface area (Å²) in [6.45, 7) is 9.88. The summed E-state index contributed by atoms with van der Waals surface area (Å²) in [5.74, 6) is 0.713. The van der Waals surface area contributed by atoms with Crippen molar-refractivity contribution in [1.29, 1.82) is 0 Å². The molecule has 2 aromatic rings. The fourth-order valence-corrected chi connectivity index (χ4v) is 5.69. The van der Waals surface area contributed by atoms with Gasteiger partial charge in [0.1, 0.15) is 16.4 Å². The Bertz CT molecular complexity index is 1070. The smallest absolute Gasteiger partial charge is 0.246 e. The minimum absolute atomic E-state index is 0.00802. The number of unbranched alkanes of at least 4 members (excludes halogenated alkanes) is 2. The lowest BCUT2D eigenvalue weighted by atomic mass is 10.0. The first-order valence-electron chi connectivity index (χ1n) is 12.7. The average Bonchev–Trinajstić information content (AvgIpc) is 2.88. The Kier molecular flexibility index (Phi) is 12.9. The van der Waals surface area contributed by atoms with Gasteiger partial charge in [-0.05, 0) is 55.7 Å². The lowest BCUT2D eigenvalue weighted by Crippen LogP contribution is -2.47. The first kappa shape index (κ1) is 30.6. The first-order chi connectivity index (χ1) is 17.7. The van der Waals surface area contributed by atoms with Crippen LogP contribution in [0.1, 0.15) is 38.2 Å². The summed E-state index contributed by atoms with van der Waals surface area (Å²) in [4.78, 5) is 0.0339. The molecule has 0 fully saturated rings. The van der Waals surface area contributed by atoms with Crippen LogP contribution in [0.3, 0.4) is 0 Å². The van der Waals surface area contributed by atoms with Crippen molar-refractivity contribution < 1.29 is 23.0 Å². The maximum atomic E-state index is 14.0. The van der Waals surface area contributed by atoms with Crippen LogP contribution in [-0.2, 0) is 16.4 Å². The number of aliphatic hydroxyl groups excluding tert-OH is 1. The second-order valence-corrected chi connectivity index (χ2v) is 11.2. The fraction of sp³-hybridized carbons (Fsp3) is 0.448. The number of ether oxygens (including phenoxy) is 2. The molecule has 204 valence electrons. The second kappa shape index (κ2) is 15.6. The van der Waals surface area contributed by atoms with Gasteiger partial charge in [-0.2, -0.15) is 4.31 Å². The molecule has 0 aromatic heterocycles. The molecule has 2 rings (SSSR count). The molecule has 3 unspecified atom stereocenters. The van der Waals surface area contributed by atoms with Crippen LogP contribution in [0.2, 0.25) is 0 Å². The van der Waals surface area contributed by atoms with E-state index < -0.39 is 22.2 Å². The van der Waals surface area contributed by atoms with Gasteiger partial charge in [0.25, 0.3) is 0 Å². The molecule has 0 saturated heterocycles. The predicted octanol–water partition coefficient (Wildman–Crippen LogP) is 4.56. The molecule has 0 bridgehead atoms. The van der Waals surface area contributed by atoms with E-state index in [1.165, 1.54) is 17.5 Å². The zero-order valence-corrected chi connectivity index (χ0v) is 22.9. The summed E-state index contributed by atoms with van der Waals surface area (Å²) < 4.78 is 40.5. The van der Waals surface area contributed by atoms with Gasteiger partial charge in [0.15, 0.2) is 0 Å². The summed E-state index contributed by atoms with van der Waals surface area (Å²) in [5, 5.41) is 11.0. The van der Waals surface area contributed by atoms with Crippen molar-refractivity contribution in [3.05, 3.63) is 79.4 Å². The SMILES string of the molecule is C=CCCCCOc1cc(OC)ccc1S(=O)(=O)N(CC(C)CC=C)CC(O)C(N)Cc1ccccc1. The quantitative estimate of drug-likeness (QED) is 0.216. The zero-order chi connectivity index (χ0) is 27.3. The van der Waals surface area contributed by atoms with Crippen LogP contribution < -0.4 is 15.2 Å². The maximum Gasteiger partial charge on any atom is 0.246 e. The van der Waals surface area contributed by atoms with Crippen LogP contribution in [-0.4, -0.2) is 56.8 Å². The van der Waals surface area contributed by atoms with Gasteiger partial charge < -0.3 is 20.3 Å². The second-order valence-electron chi connectivity index (χ2n) is 9.32. The number of nitrogens with zero attached hydrogens (tertiary/aromatic N) is 1. The topological polar surface area (TPSA) is 102 Å². The minimum atomic E-state index is -4.03. The molecule has 37 heavy (non-hydrogen) atoms. The highest BCUT2D eigenvalue weighted by Crippen LogP contribution is 2.32. The number of benzene rings is 2. The Morgan fingerprint density at radius 3 is 2.46 bits per heavy atom. The van der Waals surface area contributed by atoms with Crippen molar-refractivity contribution in [2.45, 2.75) is 56.1 Å². The van der Waals surface area contributed by atoms with Crippen LogP contribution in [0.25, 0.3) is 0 Å². The van der Waals surface area contributed by atoms with Crippen molar-refractivity contribution >= 4 is 10.0 Å². The highest BCUT2D eigenvalue weighted by molar-refractivity contribution is 7.89. The third-order valence-electron chi connectivity index (χ3n) is 6.11. The van der Waals surface area contributed by atoms with Crippen molar-refractivity contribution in [2.24, 2.45) is 11.7 Å². The van der Waals surface area contributed by atoms with Gasteiger partial charge in [0.2, 0.25) is 10.0 Å². The number of hydrogen-bond acceptors (Lipinski definition) is 6. The van der Waals surface area contributed by atoms with Crippen LogP contribution in [0.4, 0.5) is 0 Å². The molecule has 0 spiro atoms. The van der Waals surface area contributed by atoms with E-state index in [2.05, 4.69) is 13.2 Å². The van der Waals surface area contributed by atoms with Gasteiger partial charge in [-0.15, -0.1) is 13.2 Å². The van der Waals surface area contributed by atoms with Crippen molar-refractivity contribution in [1.82, 2.24) is 4.31 Å². The van der Waals surface area contributed by atoms with Gasteiger partial charge in [-0.3, -0.25) is 0 Å². The fourth-order valence-electron chi connectivity index (χ4n) is 4.00. The normalized spacial score (nSPS) is 14.1. The largest absolute Gasteiger partial charge is 0.497 e. The van der Waals surface area contributed by atoms with Gasteiger partial charge in [0, 0.05) is 25.2 Å². The Labute approximate surface area is 222 Å². The molecule has 0 aliphatic carbocycles. The first-order valence-corrected chi connectivity index (χ1v) is 14.2. The van der Waals surface area contributed by atoms with Gasteiger partial charge in [0.05, 0.1) is 19.8 Å². The molecular weight excluding hydrogens is 488 g/mol. The number of allylic oxidation sites excluding steroid dienone is 2. The summed E-state index contributed by atoms with van der Waals surface area (Å²) in [6, 6.07) is 13.6. The number of nitrogens with two attached hydrogens (primary N) is 1. The monoisotopic (exact) mass is 530 g/mol. The summed E-state index contributed by atoms with van der Waals surface area (Å²) in [6.07, 6.45) is 6.13. The average molecular weight is 531 g/mol. The molecular formula is C29H42N2O5S. The van der Waals surface area contributed by atoms with E-state index in [4.69, 9.17) is 15.2 Å². The Morgan fingerprint density at radius 1 is 1.08 bits per heavy atom. The highest BCUT2D eigenvalue weighted by atomic mass is 32.2. The van der Waals surface area contributed by atoms with Gasteiger partial charge in [-0.25, -0.2) is 8.42 Å². The number of rotatable bonds is 18. The molecule has 0 aliphatic rings. The lowest BCUT2D eigenvalue weighted by Gasteiger charge is -2.30. The molecule has 3 atom stereocenters. The van der Waals surface area contributed by atoms with E-state index in [0.717, 1.165) is 24.8 Å². The highest BCUT2D eigenvalue weighted by Gasteiger charge is 2.32. The predicted molar refractivity (Wildman–Crippen MR) is 149 cm³/mol. The van der Waals surface area contributed by atoms with E-state index in [-0.39, 0.29) is 29.7 Å². The molecule has 0 heterocycles. The van der Waals surface area contributed by atoms with Crippen molar-refractivity contribution in [2.75, 3.05) is 26.8 Å². The van der Waals surface area contributed by atoms with Gasteiger partial charge in [-0.1, -0.05) is 49.4 Å². The third-order valence-corrected chi connectivity index (χ3v) is 7.98. The Morgan fingerprint density at radius 2 is 1.81 bits per heavy atom. The summed E-state index contributed by atoms with van der Waals surface area (Å²) in [5.41, 5.74) is 7.28. The molecule has 3 N–H and O–H groups in total.